The minimum Gasteiger partial charge on any atom is -0.492 e. The molecule has 2 N–H and O–H groups in total. The van der Waals surface area contributed by atoms with Crippen molar-refractivity contribution >= 4 is 33.6 Å². The first-order valence-corrected chi connectivity index (χ1v) is 11.9. The van der Waals surface area contributed by atoms with E-state index in [1.807, 2.05) is 49.3 Å². The summed E-state index contributed by atoms with van der Waals surface area (Å²) in [6.45, 7) is 3.30. The zero-order valence-electron chi connectivity index (χ0n) is 20.6. The number of likely N-dealkylation sites (N-methyl/N-ethyl adjacent to an activating group) is 1. The summed E-state index contributed by atoms with van der Waals surface area (Å²) in [6, 6.07) is 16.4. The number of benzene rings is 3. The Hall–Kier alpha value is -3.91. The van der Waals surface area contributed by atoms with Crippen LogP contribution in [0.25, 0.3) is 21.7 Å². The van der Waals surface area contributed by atoms with Crippen LogP contribution in [0.2, 0.25) is 0 Å². The number of nitrogens with one attached hydrogen (secondary N) is 2. The lowest BCUT2D eigenvalue weighted by Crippen LogP contribution is -2.43. The van der Waals surface area contributed by atoms with Gasteiger partial charge in [-0.05, 0) is 85.7 Å². The molecule has 1 atom stereocenters. The number of aromatic nitrogens is 1. The summed E-state index contributed by atoms with van der Waals surface area (Å²) in [4.78, 5) is 30.9. The summed E-state index contributed by atoms with van der Waals surface area (Å²) >= 11 is 0. The molecule has 1 unspecified atom stereocenters. The number of esters is 1. The molecule has 3 aromatic carbocycles. The highest BCUT2D eigenvalue weighted by Crippen LogP contribution is 2.23. The van der Waals surface area contributed by atoms with E-state index in [2.05, 4.69) is 10.3 Å². The van der Waals surface area contributed by atoms with Crippen LogP contribution >= 0.6 is 0 Å². The summed E-state index contributed by atoms with van der Waals surface area (Å²) in [5.74, 6) is -0.503. The second kappa shape index (κ2) is 11.2. The Labute approximate surface area is 209 Å². The fourth-order valence-electron chi connectivity index (χ4n) is 3.97. The Morgan fingerprint density at radius 3 is 2.53 bits per heavy atom. The number of hydrogen-bond donors (Lipinski definition) is 2. The van der Waals surface area contributed by atoms with Crippen molar-refractivity contribution < 1.29 is 23.5 Å². The van der Waals surface area contributed by atoms with E-state index in [0.717, 1.165) is 28.5 Å². The van der Waals surface area contributed by atoms with Gasteiger partial charge in [-0.3, -0.25) is 4.79 Å². The summed E-state index contributed by atoms with van der Waals surface area (Å²) in [5, 5.41) is 5.45. The van der Waals surface area contributed by atoms with Crippen molar-refractivity contribution in [3.63, 3.8) is 0 Å². The lowest BCUT2D eigenvalue weighted by molar-refractivity contribution is -0.145. The Bertz CT molecular complexity index is 1380. The third-order valence-electron chi connectivity index (χ3n) is 5.82. The molecule has 0 aliphatic heterocycles. The normalized spacial score (nSPS) is 12.1. The van der Waals surface area contributed by atoms with Crippen molar-refractivity contribution in [3.8, 4) is 5.75 Å². The lowest BCUT2D eigenvalue weighted by Gasteiger charge is -2.17. The SMILES string of the molecule is CCOC(=O)C(Cc1cc2ccc(F)cc2[nH]1)NC(=O)c1ccc2cc(OCCN(C)C)ccc2c1. The Morgan fingerprint density at radius 1 is 1.00 bits per heavy atom. The molecule has 0 aliphatic carbocycles. The van der Waals surface area contributed by atoms with Crippen LogP contribution in [0.15, 0.2) is 60.7 Å². The maximum Gasteiger partial charge on any atom is 0.329 e. The smallest absolute Gasteiger partial charge is 0.329 e. The molecule has 0 bridgehead atoms. The Balaban J connectivity index is 1.49. The molecule has 1 heterocycles. The number of nitrogens with zero attached hydrogens (tertiary/aromatic N) is 1. The number of fused-ring (bicyclic) bond motifs is 2. The van der Waals surface area contributed by atoms with Crippen molar-refractivity contribution in [2.75, 3.05) is 33.9 Å². The lowest BCUT2D eigenvalue weighted by atomic mass is 10.1. The molecule has 188 valence electrons. The summed E-state index contributed by atoms with van der Waals surface area (Å²) in [6.07, 6.45) is 0.183. The van der Waals surface area contributed by atoms with Gasteiger partial charge in [-0.1, -0.05) is 12.1 Å². The minimum absolute atomic E-state index is 0.183. The molecule has 0 spiro atoms. The first kappa shape index (κ1) is 25.2. The highest BCUT2D eigenvalue weighted by Gasteiger charge is 2.24. The molecule has 8 heteroatoms. The Kier molecular flexibility index (Phi) is 7.85. The van der Waals surface area contributed by atoms with Gasteiger partial charge in [-0.2, -0.15) is 0 Å². The zero-order chi connectivity index (χ0) is 25.7. The molecule has 36 heavy (non-hydrogen) atoms. The molecule has 0 aliphatic rings. The fourth-order valence-corrected chi connectivity index (χ4v) is 3.97. The summed E-state index contributed by atoms with van der Waals surface area (Å²) in [7, 11) is 3.98. The van der Waals surface area contributed by atoms with Crippen molar-refractivity contribution in [1.82, 2.24) is 15.2 Å². The molecular formula is C28H30FN3O4. The van der Waals surface area contributed by atoms with Gasteiger partial charge < -0.3 is 24.7 Å². The van der Waals surface area contributed by atoms with Gasteiger partial charge in [-0.15, -0.1) is 0 Å². The monoisotopic (exact) mass is 491 g/mol. The molecule has 0 saturated carbocycles. The van der Waals surface area contributed by atoms with Gasteiger partial charge >= 0.3 is 5.97 Å². The predicted molar refractivity (Wildman–Crippen MR) is 138 cm³/mol. The maximum atomic E-state index is 13.6. The van der Waals surface area contributed by atoms with Crippen LogP contribution in [0.5, 0.6) is 5.75 Å². The van der Waals surface area contributed by atoms with Crippen molar-refractivity contribution in [1.29, 1.82) is 0 Å². The predicted octanol–water partition coefficient (Wildman–Crippen LogP) is 4.30. The van der Waals surface area contributed by atoms with E-state index < -0.39 is 12.0 Å². The van der Waals surface area contributed by atoms with Gasteiger partial charge in [0, 0.05) is 29.7 Å². The highest BCUT2D eigenvalue weighted by molar-refractivity contribution is 6.00. The van der Waals surface area contributed by atoms with E-state index in [1.54, 1.807) is 25.1 Å². The number of H-pyrrole nitrogens is 1. The molecule has 0 radical (unpaired) electrons. The average Bonchev–Trinajstić information content (AvgIpc) is 3.24. The van der Waals surface area contributed by atoms with Gasteiger partial charge in [0.25, 0.3) is 5.91 Å². The van der Waals surface area contributed by atoms with E-state index in [4.69, 9.17) is 9.47 Å². The van der Waals surface area contributed by atoms with E-state index in [1.165, 1.54) is 12.1 Å². The number of amides is 1. The van der Waals surface area contributed by atoms with Crippen molar-refractivity contribution in [2.24, 2.45) is 0 Å². The quantitative estimate of drug-likeness (QED) is 0.323. The summed E-state index contributed by atoms with van der Waals surface area (Å²) in [5.41, 5.74) is 1.74. The molecule has 0 saturated heterocycles. The second-order valence-corrected chi connectivity index (χ2v) is 8.88. The number of aromatic amines is 1. The third kappa shape index (κ3) is 6.20. The van der Waals surface area contributed by atoms with E-state index in [0.29, 0.717) is 23.4 Å². The van der Waals surface area contributed by atoms with Gasteiger partial charge in [0.15, 0.2) is 0 Å². The van der Waals surface area contributed by atoms with Crippen LogP contribution in [0.1, 0.15) is 23.0 Å². The number of rotatable bonds is 10. The summed E-state index contributed by atoms with van der Waals surface area (Å²) < 4.78 is 24.5. The first-order chi connectivity index (χ1) is 17.3. The zero-order valence-corrected chi connectivity index (χ0v) is 20.6. The minimum atomic E-state index is -0.904. The van der Waals surface area contributed by atoms with E-state index in [-0.39, 0.29) is 24.8 Å². The fraction of sp³-hybridized carbons (Fsp3) is 0.286. The second-order valence-electron chi connectivity index (χ2n) is 8.88. The molecule has 4 aromatic rings. The topological polar surface area (TPSA) is 83.7 Å². The van der Waals surface area contributed by atoms with E-state index in [9.17, 15) is 14.0 Å². The number of halogens is 1. The standard InChI is InChI=1S/C28H30FN3O4/c1-4-35-28(34)26(17-23-14-20-7-9-22(29)16-25(20)30-23)31-27(33)21-6-5-19-15-24(10-8-18(19)13-21)36-12-11-32(2)3/h5-10,13-16,26,30H,4,11-12,17H2,1-3H3,(H,31,33). The van der Waals surface area contributed by atoms with Gasteiger partial charge in [-0.25, -0.2) is 9.18 Å². The number of carbonyl (C=O) groups is 2. The van der Waals surface area contributed by atoms with Crippen molar-refractivity contribution in [3.05, 3.63) is 77.7 Å². The van der Waals surface area contributed by atoms with Crippen LogP contribution in [0.3, 0.4) is 0 Å². The molecule has 4 rings (SSSR count). The molecule has 7 nitrogen and oxygen atoms in total. The van der Waals surface area contributed by atoms with Gasteiger partial charge in [0.2, 0.25) is 0 Å². The van der Waals surface area contributed by atoms with Crippen LogP contribution in [-0.4, -0.2) is 61.7 Å². The average molecular weight is 492 g/mol. The molecule has 0 fully saturated rings. The van der Waals surface area contributed by atoms with Crippen LogP contribution in [-0.2, 0) is 16.0 Å². The van der Waals surface area contributed by atoms with Crippen LogP contribution in [0, 0.1) is 5.82 Å². The molecule has 1 amide bonds. The Morgan fingerprint density at radius 2 is 1.75 bits per heavy atom. The van der Waals surface area contributed by atoms with Gasteiger partial charge in [0.05, 0.1) is 6.61 Å². The third-order valence-corrected chi connectivity index (χ3v) is 5.82. The van der Waals surface area contributed by atoms with E-state index >= 15 is 0 Å². The number of ether oxygens (including phenoxy) is 2. The van der Waals surface area contributed by atoms with Crippen LogP contribution < -0.4 is 10.1 Å². The number of hydrogen-bond acceptors (Lipinski definition) is 5. The first-order valence-electron chi connectivity index (χ1n) is 11.9. The van der Waals surface area contributed by atoms with Crippen LogP contribution in [0.4, 0.5) is 4.39 Å². The van der Waals surface area contributed by atoms with Gasteiger partial charge in [0.1, 0.15) is 24.2 Å². The maximum absolute atomic E-state index is 13.6. The largest absolute Gasteiger partial charge is 0.492 e. The highest BCUT2D eigenvalue weighted by atomic mass is 19.1. The van der Waals surface area contributed by atoms with Crippen molar-refractivity contribution in [2.45, 2.75) is 19.4 Å². The molecular weight excluding hydrogens is 461 g/mol. The molecule has 1 aromatic heterocycles. The number of carbonyl (C=O) groups excluding carboxylic acids is 2.